The van der Waals surface area contributed by atoms with Crippen LogP contribution in [0, 0.1) is 0 Å². The minimum absolute atomic E-state index is 0.168. The van der Waals surface area contributed by atoms with Crippen molar-refractivity contribution in [3.05, 3.63) is 131 Å². The summed E-state index contributed by atoms with van der Waals surface area (Å²) in [5.74, 6) is -1.99. The van der Waals surface area contributed by atoms with E-state index in [-0.39, 0.29) is 18.8 Å². The number of hydrogen-bond acceptors (Lipinski definition) is 5. The van der Waals surface area contributed by atoms with Crippen LogP contribution in [0.4, 0.5) is 0 Å². The Bertz CT molecular complexity index is 1410. The quantitative estimate of drug-likeness (QED) is 0.219. The van der Waals surface area contributed by atoms with Gasteiger partial charge in [0.15, 0.2) is 0 Å². The minimum Gasteiger partial charge on any atom is -0.478 e. The number of hydrogen-bond donors (Lipinski definition) is 3. The van der Waals surface area contributed by atoms with E-state index in [9.17, 15) is 14.4 Å². The van der Waals surface area contributed by atoms with Crippen LogP contribution >= 0.6 is 0 Å². The summed E-state index contributed by atoms with van der Waals surface area (Å²) in [6.45, 7) is 2.15. The molecule has 0 saturated carbocycles. The molecule has 4 aromatic rings. The molecule has 0 unspecified atom stereocenters. The molecule has 0 aliphatic heterocycles. The zero-order valence-electron chi connectivity index (χ0n) is 21.9. The molecule has 0 aliphatic rings. The molecule has 0 saturated heterocycles. The summed E-state index contributed by atoms with van der Waals surface area (Å²) in [6, 6.07) is 31.2. The van der Waals surface area contributed by atoms with E-state index in [0.29, 0.717) is 5.56 Å². The zero-order valence-corrected chi connectivity index (χ0v) is 21.9. The monoisotopic (exact) mass is 538 g/mol. The second kappa shape index (κ2) is 13.8. The van der Waals surface area contributed by atoms with Gasteiger partial charge < -0.3 is 15.2 Å². The minimum atomic E-state index is -1.03. The third-order valence-corrected chi connectivity index (χ3v) is 6.26. The van der Waals surface area contributed by atoms with Crippen LogP contribution in [0.5, 0.6) is 0 Å². The molecule has 2 atom stereocenters. The summed E-state index contributed by atoms with van der Waals surface area (Å²) in [6.07, 6.45) is -0.670. The third-order valence-electron chi connectivity index (χ3n) is 6.26. The van der Waals surface area contributed by atoms with E-state index in [4.69, 9.17) is 14.7 Å². The van der Waals surface area contributed by atoms with Crippen LogP contribution < -0.4 is 10.8 Å². The highest BCUT2D eigenvalue weighted by Crippen LogP contribution is 2.21. The molecule has 40 heavy (non-hydrogen) atoms. The van der Waals surface area contributed by atoms with Crippen molar-refractivity contribution >= 4 is 17.8 Å². The molecule has 0 heterocycles. The van der Waals surface area contributed by atoms with Gasteiger partial charge in [-0.15, -0.1) is 0 Å². The molecule has 0 spiro atoms. The Kier molecular flexibility index (Phi) is 9.77. The van der Waals surface area contributed by atoms with E-state index < -0.39 is 29.9 Å². The Labute approximate surface area is 232 Å². The molecule has 4 aromatic carbocycles. The maximum absolute atomic E-state index is 13.1. The van der Waals surface area contributed by atoms with E-state index in [1.807, 2.05) is 60.7 Å². The van der Waals surface area contributed by atoms with Crippen LogP contribution in [0.3, 0.4) is 0 Å². The molecular weight excluding hydrogens is 508 g/mol. The Hall–Kier alpha value is -4.79. The van der Waals surface area contributed by atoms with Crippen LogP contribution in [0.25, 0.3) is 11.1 Å². The molecule has 4 rings (SSSR count). The lowest BCUT2D eigenvalue weighted by Crippen LogP contribution is -2.53. The van der Waals surface area contributed by atoms with E-state index in [2.05, 4.69) is 10.8 Å². The van der Waals surface area contributed by atoms with Crippen molar-refractivity contribution < 1.29 is 29.1 Å². The summed E-state index contributed by atoms with van der Waals surface area (Å²) in [5, 5.41) is 11.9. The van der Waals surface area contributed by atoms with Gasteiger partial charge in [0.25, 0.3) is 11.8 Å². The number of aromatic carboxylic acids is 1. The van der Waals surface area contributed by atoms with Gasteiger partial charge in [-0.3, -0.25) is 14.4 Å². The molecule has 0 aromatic heterocycles. The standard InChI is InChI=1S/C32H30N2O6/c1-22(39-20-23-8-4-2-5-9-23)29(31(36)34-40-21-24-10-6-3-7-11-24)33-30(35)27-16-12-25(13-17-27)26-14-18-28(19-15-26)32(37)38/h2-19,22,29H,20-21H2,1H3,(H,33,35)(H,34,36)(H,37,38)/t22-,29+/m1/s1. The number of carbonyl (C=O) groups is 3. The maximum atomic E-state index is 13.1. The van der Waals surface area contributed by atoms with Crippen LogP contribution in [0.2, 0.25) is 0 Å². The predicted molar refractivity (Wildman–Crippen MR) is 150 cm³/mol. The summed E-state index contributed by atoms with van der Waals surface area (Å²) in [4.78, 5) is 42.7. The molecule has 8 heteroatoms. The Morgan fingerprint density at radius 2 is 1.20 bits per heavy atom. The van der Waals surface area contributed by atoms with Crippen LogP contribution in [0.15, 0.2) is 109 Å². The lowest BCUT2D eigenvalue weighted by Gasteiger charge is -2.24. The topological polar surface area (TPSA) is 114 Å². The van der Waals surface area contributed by atoms with Crippen LogP contribution in [-0.4, -0.2) is 35.0 Å². The molecule has 0 radical (unpaired) electrons. The average molecular weight is 539 g/mol. The number of carboxylic acid groups (broad SMARTS) is 1. The van der Waals surface area contributed by atoms with Gasteiger partial charge in [0.2, 0.25) is 0 Å². The largest absolute Gasteiger partial charge is 0.478 e. The number of nitrogens with one attached hydrogen (secondary N) is 2. The first-order chi connectivity index (χ1) is 19.4. The van der Waals surface area contributed by atoms with Gasteiger partial charge in [-0.05, 0) is 53.4 Å². The first-order valence-corrected chi connectivity index (χ1v) is 12.8. The van der Waals surface area contributed by atoms with Crippen LogP contribution in [0.1, 0.15) is 38.8 Å². The second-order valence-corrected chi connectivity index (χ2v) is 9.15. The predicted octanol–water partition coefficient (Wildman–Crippen LogP) is 5.00. The fourth-order valence-corrected chi connectivity index (χ4v) is 3.97. The number of benzene rings is 4. The second-order valence-electron chi connectivity index (χ2n) is 9.15. The number of rotatable bonds is 12. The Morgan fingerprint density at radius 1 is 0.700 bits per heavy atom. The van der Waals surface area contributed by atoms with Crippen molar-refractivity contribution in [2.45, 2.75) is 32.3 Å². The average Bonchev–Trinajstić information content (AvgIpc) is 2.99. The zero-order chi connectivity index (χ0) is 28.3. The highest BCUT2D eigenvalue weighted by Gasteiger charge is 2.28. The lowest BCUT2D eigenvalue weighted by atomic mass is 10.0. The van der Waals surface area contributed by atoms with Crippen molar-refractivity contribution in [3.63, 3.8) is 0 Å². The van der Waals surface area contributed by atoms with Crippen molar-refractivity contribution in [1.29, 1.82) is 0 Å². The van der Waals surface area contributed by atoms with Gasteiger partial charge in [0.1, 0.15) is 6.04 Å². The van der Waals surface area contributed by atoms with E-state index in [0.717, 1.165) is 22.3 Å². The molecule has 0 fully saturated rings. The van der Waals surface area contributed by atoms with Gasteiger partial charge in [0.05, 0.1) is 24.9 Å². The molecule has 8 nitrogen and oxygen atoms in total. The maximum Gasteiger partial charge on any atom is 0.335 e. The Balaban J connectivity index is 1.43. The first-order valence-electron chi connectivity index (χ1n) is 12.8. The van der Waals surface area contributed by atoms with Gasteiger partial charge >= 0.3 is 5.97 Å². The molecule has 204 valence electrons. The SMILES string of the molecule is C[C@@H](OCc1ccccc1)[C@H](NC(=O)c1ccc(-c2ccc(C(=O)O)cc2)cc1)C(=O)NOCc1ccccc1. The van der Waals surface area contributed by atoms with Crippen molar-refractivity contribution in [2.75, 3.05) is 0 Å². The molecule has 0 aliphatic carbocycles. The van der Waals surface area contributed by atoms with E-state index >= 15 is 0 Å². The highest BCUT2D eigenvalue weighted by molar-refractivity contribution is 5.98. The van der Waals surface area contributed by atoms with Gasteiger partial charge in [-0.25, -0.2) is 10.3 Å². The number of ether oxygens (including phenoxy) is 1. The number of carboxylic acids is 1. The van der Waals surface area contributed by atoms with Gasteiger partial charge in [-0.2, -0.15) is 0 Å². The Morgan fingerprint density at radius 3 is 1.73 bits per heavy atom. The van der Waals surface area contributed by atoms with Crippen molar-refractivity contribution in [2.24, 2.45) is 0 Å². The summed E-state index contributed by atoms with van der Waals surface area (Å²) < 4.78 is 5.94. The van der Waals surface area contributed by atoms with Gasteiger partial charge in [-0.1, -0.05) is 84.9 Å². The lowest BCUT2D eigenvalue weighted by molar-refractivity contribution is -0.140. The summed E-state index contributed by atoms with van der Waals surface area (Å²) in [5.41, 5.74) is 6.43. The summed E-state index contributed by atoms with van der Waals surface area (Å²) >= 11 is 0. The van der Waals surface area contributed by atoms with E-state index in [1.165, 1.54) is 12.1 Å². The first kappa shape index (κ1) is 28.2. The molecule has 0 bridgehead atoms. The third kappa shape index (κ3) is 7.86. The van der Waals surface area contributed by atoms with Crippen molar-refractivity contribution in [1.82, 2.24) is 10.8 Å². The smallest absolute Gasteiger partial charge is 0.335 e. The highest BCUT2D eigenvalue weighted by atomic mass is 16.7. The van der Waals surface area contributed by atoms with Crippen molar-refractivity contribution in [3.8, 4) is 11.1 Å². The molecule has 2 amide bonds. The fourth-order valence-electron chi connectivity index (χ4n) is 3.97. The molecule has 3 N–H and O–H groups in total. The normalized spacial score (nSPS) is 12.2. The number of hydroxylamine groups is 1. The number of carbonyl (C=O) groups excluding carboxylic acids is 2. The van der Waals surface area contributed by atoms with Gasteiger partial charge in [0, 0.05) is 5.56 Å². The van der Waals surface area contributed by atoms with Crippen LogP contribution in [-0.2, 0) is 27.6 Å². The van der Waals surface area contributed by atoms with E-state index in [1.54, 1.807) is 43.3 Å². The number of amides is 2. The summed E-state index contributed by atoms with van der Waals surface area (Å²) in [7, 11) is 0. The fraction of sp³-hybridized carbons (Fsp3) is 0.156. The molecular formula is C32H30N2O6.